The van der Waals surface area contributed by atoms with Gasteiger partial charge < -0.3 is 34.1 Å². The van der Waals surface area contributed by atoms with E-state index in [2.05, 4.69) is 10.2 Å². The molecule has 2 amide bonds. The van der Waals surface area contributed by atoms with E-state index >= 15 is 0 Å². The molecule has 40 heavy (non-hydrogen) atoms. The Morgan fingerprint density at radius 2 is 1.60 bits per heavy atom. The number of ether oxygens (including phenoxy) is 4. The van der Waals surface area contributed by atoms with Crippen molar-refractivity contribution in [3.63, 3.8) is 0 Å². The Labute approximate surface area is 236 Å². The van der Waals surface area contributed by atoms with Crippen molar-refractivity contribution in [1.29, 1.82) is 0 Å². The van der Waals surface area contributed by atoms with Crippen molar-refractivity contribution < 1.29 is 28.5 Å². The second-order valence-corrected chi connectivity index (χ2v) is 10.9. The number of methoxy groups -OCH3 is 3. The fraction of sp³-hybridized carbons (Fsp3) is 0.548. The SMILES string of the molecule is COc1cc2c(c(OC)c1OC)-c1ccc(OC(=O)N3CCC(N4CCCCC4)CC3)cc1C(NC(C)=O)CC2. The van der Waals surface area contributed by atoms with E-state index in [4.69, 9.17) is 18.9 Å². The van der Waals surface area contributed by atoms with Crippen LogP contribution < -0.4 is 24.3 Å². The summed E-state index contributed by atoms with van der Waals surface area (Å²) in [5.74, 6) is 2.01. The standard InChI is InChI=1S/C31H41N3O6/c1-20(35)32-26-11-8-21-18-27(37-2)29(38-3)30(39-4)28(21)24-10-9-23(19-25(24)26)40-31(36)34-16-12-22(13-17-34)33-14-6-5-7-15-33/h9-10,18-19,22,26H,5-8,11-17H2,1-4H3,(H,32,35). The summed E-state index contributed by atoms with van der Waals surface area (Å²) in [7, 11) is 4.80. The lowest BCUT2D eigenvalue weighted by atomic mass is 9.93. The Morgan fingerprint density at radius 1 is 0.875 bits per heavy atom. The van der Waals surface area contributed by atoms with Gasteiger partial charge in [-0.3, -0.25) is 4.79 Å². The monoisotopic (exact) mass is 551 g/mol. The molecule has 0 radical (unpaired) electrons. The normalized spacial score (nSPS) is 19.6. The minimum atomic E-state index is -0.328. The number of nitrogens with zero attached hydrogens (tertiary/aromatic N) is 2. The third-order valence-electron chi connectivity index (χ3n) is 8.49. The van der Waals surface area contributed by atoms with Gasteiger partial charge in [-0.05, 0) is 86.5 Å². The zero-order chi connectivity index (χ0) is 28.2. The van der Waals surface area contributed by atoms with Crippen LogP contribution in [-0.2, 0) is 11.2 Å². The van der Waals surface area contributed by atoms with Crippen molar-refractivity contribution >= 4 is 12.0 Å². The van der Waals surface area contributed by atoms with Gasteiger partial charge in [0, 0.05) is 31.6 Å². The van der Waals surface area contributed by atoms with Crippen LogP contribution in [0.15, 0.2) is 24.3 Å². The second kappa shape index (κ2) is 12.4. The van der Waals surface area contributed by atoms with Crippen LogP contribution >= 0.6 is 0 Å². The van der Waals surface area contributed by atoms with Crippen LogP contribution in [0.5, 0.6) is 23.0 Å². The van der Waals surface area contributed by atoms with Gasteiger partial charge in [-0.15, -0.1) is 0 Å². The Balaban J connectivity index is 1.41. The van der Waals surface area contributed by atoms with Crippen LogP contribution in [0.2, 0.25) is 0 Å². The van der Waals surface area contributed by atoms with E-state index in [1.807, 2.05) is 29.2 Å². The number of amides is 2. The molecule has 2 aromatic carbocycles. The summed E-state index contributed by atoms with van der Waals surface area (Å²) in [5.41, 5.74) is 3.69. The molecule has 1 aliphatic carbocycles. The number of carbonyl (C=O) groups excluding carboxylic acids is 2. The van der Waals surface area contributed by atoms with E-state index in [1.54, 1.807) is 21.3 Å². The second-order valence-electron chi connectivity index (χ2n) is 10.9. The average Bonchev–Trinajstić information content (AvgIpc) is 3.12. The summed E-state index contributed by atoms with van der Waals surface area (Å²) < 4.78 is 23.0. The van der Waals surface area contributed by atoms with Crippen molar-refractivity contribution in [2.75, 3.05) is 47.5 Å². The lowest BCUT2D eigenvalue weighted by Crippen LogP contribution is -2.48. The van der Waals surface area contributed by atoms with Gasteiger partial charge in [0.25, 0.3) is 0 Å². The molecule has 3 aliphatic rings. The summed E-state index contributed by atoms with van der Waals surface area (Å²) in [6, 6.07) is 7.89. The maximum Gasteiger partial charge on any atom is 0.415 e. The molecule has 0 spiro atoms. The van der Waals surface area contributed by atoms with Crippen LogP contribution in [0.25, 0.3) is 11.1 Å². The molecule has 1 unspecified atom stereocenters. The van der Waals surface area contributed by atoms with Crippen LogP contribution in [-0.4, -0.2) is 75.4 Å². The lowest BCUT2D eigenvalue weighted by molar-refractivity contribution is -0.119. The lowest BCUT2D eigenvalue weighted by Gasteiger charge is -2.39. The van der Waals surface area contributed by atoms with Gasteiger partial charge in [0.15, 0.2) is 11.5 Å². The Bertz CT molecular complexity index is 1230. The highest BCUT2D eigenvalue weighted by molar-refractivity contribution is 5.84. The van der Waals surface area contributed by atoms with Gasteiger partial charge in [0.1, 0.15) is 5.75 Å². The van der Waals surface area contributed by atoms with Crippen molar-refractivity contribution in [3.05, 3.63) is 35.4 Å². The Morgan fingerprint density at radius 3 is 2.25 bits per heavy atom. The summed E-state index contributed by atoms with van der Waals surface area (Å²) >= 11 is 0. The molecule has 0 bridgehead atoms. The predicted molar refractivity (Wildman–Crippen MR) is 152 cm³/mol. The molecule has 0 aromatic heterocycles. The fourth-order valence-electron chi connectivity index (χ4n) is 6.53. The molecule has 216 valence electrons. The first-order valence-corrected chi connectivity index (χ1v) is 14.4. The maximum atomic E-state index is 13.2. The summed E-state index contributed by atoms with van der Waals surface area (Å²) in [6.45, 7) is 5.26. The van der Waals surface area contributed by atoms with E-state index < -0.39 is 0 Å². The van der Waals surface area contributed by atoms with Crippen molar-refractivity contribution in [2.24, 2.45) is 0 Å². The number of piperidine rings is 2. The Hall–Kier alpha value is -3.46. The molecule has 1 atom stereocenters. The van der Waals surface area contributed by atoms with Crippen LogP contribution in [0.4, 0.5) is 4.79 Å². The van der Waals surface area contributed by atoms with Crippen LogP contribution in [0.1, 0.15) is 62.6 Å². The maximum absolute atomic E-state index is 13.2. The van der Waals surface area contributed by atoms with E-state index in [0.29, 0.717) is 55.0 Å². The molecular formula is C31H41N3O6. The van der Waals surface area contributed by atoms with E-state index in [0.717, 1.165) is 35.1 Å². The number of carbonyl (C=O) groups is 2. The molecule has 5 rings (SSSR count). The zero-order valence-electron chi connectivity index (χ0n) is 24.1. The van der Waals surface area contributed by atoms with E-state index in [-0.39, 0.29) is 18.0 Å². The van der Waals surface area contributed by atoms with Gasteiger partial charge >= 0.3 is 6.09 Å². The van der Waals surface area contributed by atoms with Gasteiger partial charge in [0.2, 0.25) is 11.7 Å². The third kappa shape index (κ3) is 5.70. The molecule has 2 aliphatic heterocycles. The average molecular weight is 552 g/mol. The molecule has 2 saturated heterocycles. The summed E-state index contributed by atoms with van der Waals surface area (Å²) in [5, 5.41) is 3.09. The fourth-order valence-corrected chi connectivity index (χ4v) is 6.53. The minimum Gasteiger partial charge on any atom is -0.493 e. The highest BCUT2D eigenvalue weighted by Gasteiger charge is 2.31. The van der Waals surface area contributed by atoms with Crippen LogP contribution in [0, 0.1) is 0 Å². The number of nitrogens with one attached hydrogen (secondary N) is 1. The highest BCUT2D eigenvalue weighted by atomic mass is 16.6. The van der Waals surface area contributed by atoms with Crippen molar-refractivity contribution in [1.82, 2.24) is 15.1 Å². The topological polar surface area (TPSA) is 89.6 Å². The highest BCUT2D eigenvalue weighted by Crippen LogP contribution is 2.51. The molecule has 2 aromatic rings. The molecule has 0 saturated carbocycles. The molecule has 2 heterocycles. The number of hydrogen-bond acceptors (Lipinski definition) is 7. The largest absolute Gasteiger partial charge is 0.493 e. The quantitative estimate of drug-likeness (QED) is 0.543. The zero-order valence-corrected chi connectivity index (χ0v) is 24.1. The molecule has 1 N–H and O–H groups in total. The minimum absolute atomic E-state index is 0.122. The van der Waals surface area contributed by atoms with Crippen molar-refractivity contribution in [3.8, 4) is 34.1 Å². The number of likely N-dealkylation sites (tertiary alicyclic amines) is 2. The molecule has 9 heteroatoms. The Kier molecular flexibility index (Phi) is 8.69. The smallest absolute Gasteiger partial charge is 0.415 e. The number of benzene rings is 2. The van der Waals surface area contributed by atoms with Gasteiger partial charge in [0.05, 0.1) is 27.4 Å². The first kappa shape index (κ1) is 28.1. The molecular weight excluding hydrogens is 510 g/mol. The van der Waals surface area contributed by atoms with Crippen molar-refractivity contribution in [2.45, 2.75) is 64.0 Å². The first-order chi connectivity index (χ1) is 19.4. The van der Waals surface area contributed by atoms with E-state index in [9.17, 15) is 9.59 Å². The number of aryl methyl sites for hydroxylation is 1. The number of fused-ring (bicyclic) bond motifs is 3. The molecule has 2 fully saturated rings. The van der Waals surface area contributed by atoms with Gasteiger partial charge in [-0.25, -0.2) is 4.79 Å². The van der Waals surface area contributed by atoms with E-state index in [1.165, 1.54) is 39.3 Å². The van der Waals surface area contributed by atoms with Gasteiger partial charge in [-0.1, -0.05) is 12.5 Å². The number of rotatable bonds is 6. The first-order valence-electron chi connectivity index (χ1n) is 14.4. The summed E-state index contributed by atoms with van der Waals surface area (Å²) in [6.07, 6.45) is 6.86. The number of hydrogen-bond donors (Lipinski definition) is 1. The predicted octanol–water partition coefficient (Wildman–Crippen LogP) is 4.95. The third-order valence-corrected chi connectivity index (χ3v) is 8.49. The molecule has 9 nitrogen and oxygen atoms in total. The van der Waals surface area contributed by atoms with Gasteiger partial charge in [-0.2, -0.15) is 0 Å². The van der Waals surface area contributed by atoms with Crippen LogP contribution in [0.3, 0.4) is 0 Å². The summed E-state index contributed by atoms with van der Waals surface area (Å²) in [4.78, 5) is 29.7.